The summed E-state index contributed by atoms with van der Waals surface area (Å²) in [6, 6.07) is 16.1. The van der Waals surface area contributed by atoms with Gasteiger partial charge in [0.05, 0.1) is 21.8 Å². The number of nitrogens with zero attached hydrogens (tertiary/aromatic N) is 2. The van der Waals surface area contributed by atoms with Crippen LogP contribution in [-0.2, 0) is 9.84 Å². The molecule has 6 heteroatoms. The molecule has 0 aliphatic carbocycles. The molecule has 1 aromatic heterocycles. The van der Waals surface area contributed by atoms with Gasteiger partial charge >= 0.3 is 0 Å². The van der Waals surface area contributed by atoms with Crippen LogP contribution in [0, 0.1) is 17.1 Å². The van der Waals surface area contributed by atoms with Crippen molar-refractivity contribution in [3.05, 3.63) is 103 Å². The molecule has 0 aliphatic heterocycles. The molecule has 0 saturated heterocycles. The van der Waals surface area contributed by atoms with Gasteiger partial charge in [0.15, 0.2) is 9.84 Å². The van der Waals surface area contributed by atoms with E-state index in [0.29, 0.717) is 39.2 Å². The number of pyridine rings is 1. The van der Waals surface area contributed by atoms with E-state index in [1.54, 1.807) is 48.6 Å². The van der Waals surface area contributed by atoms with Gasteiger partial charge in [0.25, 0.3) is 0 Å². The first-order valence-corrected chi connectivity index (χ1v) is 11.1. The van der Waals surface area contributed by atoms with Crippen LogP contribution in [0.5, 0.6) is 0 Å². The molecule has 31 heavy (non-hydrogen) atoms. The van der Waals surface area contributed by atoms with Crippen LogP contribution in [0.4, 0.5) is 4.39 Å². The lowest BCUT2D eigenvalue weighted by Gasteiger charge is -2.14. The van der Waals surface area contributed by atoms with Gasteiger partial charge < -0.3 is 0 Å². The maximum Gasteiger partial charge on any atom is 0.175 e. The maximum absolute atomic E-state index is 13.5. The standard InChI is InChI=1S/C25H19FN2O2S/c1-4-6-17(5-2)24-20(16-27)15-23(18-9-13-22(14-10-18)31(3,29)30)25(28-24)19-7-11-21(26)12-8-19/h4-15H,1-2H2,3H3/b17-6+. The van der Waals surface area contributed by atoms with Gasteiger partial charge in [-0.05, 0) is 48.0 Å². The Morgan fingerprint density at radius 3 is 2.19 bits per heavy atom. The van der Waals surface area contributed by atoms with Gasteiger partial charge in [-0.1, -0.05) is 43.5 Å². The Labute approximate surface area is 181 Å². The molecule has 0 aliphatic rings. The van der Waals surface area contributed by atoms with Crippen molar-refractivity contribution in [2.24, 2.45) is 0 Å². The number of aromatic nitrogens is 1. The molecular weight excluding hydrogens is 411 g/mol. The molecule has 3 aromatic rings. The average Bonchev–Trinajstić information content (AvgIpc) is 2.77. The summed E-state index contributed by atoms with van der Waals surface area (Å²) in [5, 5.41) is 9.74. The first-order valence-electron chi connectivity index (χ1n) is 9.25. The Morgan fingerprint density at radius 2 is 1.68 bits per heavy atom. The van der Waals surface area contributed by atoms with Gasteiger partial charge in [-0.15, -0.1) is 0 Å². The van der Waals surface area contributed by atoms with Crippen molar-refractivity contribution in [1.29, 1.82) is 5.26 Å². The molecule has 0 fully saturated rings. The maximum atomic E-state index is 13.5. The Bertz CT molecular complexity index is 1330. The molecule has 0 radical (unpaired) electrons. The number of halogens is 1. The highest BCUT2D eigenvalue weighted by Crippen LogP contribution is 2.35. The number of hydrogen-bond donors (Lipinski definition) is 0. The highest BCUT2D eigenvalue weighted by atomic mass is 32.2. The summed E-state index contributed by atoms with van der Waals surface area (Å²) in [7, 11) is -3.35. The average molecular weight is 431 g/mol. The van der Waals surface area contributed by atoms with E-state index in [1.807, 2.05) is 0 Å². The summed E-state index contributed by atoms with van der Waals surface area (Å²) in [4.78, 5) is 4.92. The van der Waals surface area contributed by atoms with Crippen LogP contribution < -0.4 is 0 Å². The third-order valence-electron chi connectivity index (χ3n) is 4.64. The smallest absolute Gasteiger partial charge is 0.175 e. The summed E-state index contributed by atoms with van der Waals surface area (Å²) in [6.07, 6.45) is 6.00. The zero-order valence-corrected chi connectivity index (χ0v) is 17.7. The van der Waals surface area contributed by atoms with Crippen molar-refractivity contribution >= 4 is 15.4 Å². The lowest BCUT2D eigenvalue weighted by molar-refractivity contribution is 0.602. The zero-order valence-electron chi connectivity index (χ0n) is 16.8. The lowest BCUT2D eigenvalue weighted by atomic mass is 9.95. The van der Waals surface area contributed by atoms with Crippen molar-refractivity contribution in [3.63, 3.8) is 0 Å². The predicted molar refractivity (Wildman–Crippen MR) is 121 cm³/mol. The second-order valence-corrected chi connectivity index (χ2v) is 8.77. The predicted octanol–water partition coefficient (Wildman–Crippen LogP) is 5.59. The van der Waals surface area contributed by atoms with E-state index < -0.39 is 9.84 Å². The SMILES string of the molecule is C=C/C=C(\C=C)c1nc(-c2ccc(F)cc2)c(-c2ccc(S(C)(=O)=O)cc2)cc1C#N. The summed E-state index contributed by atoms with van der Waals surface area (Å²) in [6.45, 7) is 7.47. The number of allylic oxidation sites excluding steroid dienone is 4. The van der Waals surface area contributed by atoms with Crippen molar-refractivity contribution in [1.82, 2.24) is 4.98 Å². The lowest BCUT2D eigenvalue weighted by Crippen LogP contribution is -2.00. The van der Waals surface area contributed by atoms with Gasteiger partial charge in [-0.25, -0.2) is 17.8 Å². The Morgan fingerprint density at radius 1 is 1.06 bits per heavy atom. The molecule has 0 bridgehead atoms. The Balaban J connectivity index is 2.33. The molecular formula is C25H19FN2O2S. The summed E-state index contributed by atoms with van der Waals surface area (Å²) >= 11 is 0. The fourth-order valence-corrected chi connectivity index (χ4v) is 3.75. The van der Waals surface area contributed by atoms with E-state index in [1.165, 1.54) is 24.3 Å². The molecule has 1 heterocycles. The van der Waals surface area contributed by atoms with E-state index in [9.17, 15) is 18.1 Å². The van der Waals surface area contributed by atoms with Gasteiger partial charge in [0.2, 0.25) is 0 Å². The summed E-state index contributed by atoms with van der Waals surface area (Å²) < 4.78 is 37.1. The molecule has 0 saturated carbocycles. The highest BCUT2D eigenvalue weighted by molar-refractivity contribution is 7.90. The van der Waals surface area contributed by atoms with Crippen LogP contribution in [0.25, 0.3) is 28.0 Å². The third-order valence-corrected chi connectivity index (χ3v) is 5.77. The monoisotopic (exact) mass is 430 g/mol. The number of benzene rings is 2. The molecule has 154 valence electrons. The van der Waals surface area contributed by atoms with Gasteiger partial charge in [0, 0.05) is 23.0 Å². The Hall–Kier alpha value is -3.82. The number of rotatable bonds is 6. The Kier molecular flexibility index (Phi) is 6.28. The second kappa shape index (κ2) is 8.90. The van der Waals surface area contributed by atoms with Crippen LogP contribution in [0.1, 0.15) is 11.3 Å². The van der Waals surface area contributed by atoms with Crippen molar-refractivity contribution in [3.8, 4) is 28.5 Å². The summed E-state index contributed by atoms with van der Waals surface area (Å²) in [5.74, 6) is -0.380. The van der Waals surface area contributed by atoms with Gasteiger partial charge in [0.1, 0.15) is 11.9 Å². The topological polar surface area (TPSA) is 70.8 Å². The molecule has 0 unspecified atom stereocenters. The van der Waals surface area contributed by atoms with E-state index in [0.717, 1.165) is 6.26 Å². The largest absolute Gasteiger partial charge is 0.246 e. The minimum atomic E-state index is -3.35. The van der Waals surface area contributed by atoms with E-state index in [-0.39, 0.29) is 10.7 Å². The molecule has 0 atom stereocenters. The fraction of sp³-hybridized carbons (Fsp3) is 0.0400. The van der Waals surface area contributed by atoms with Crippen LogP contribution >= 0.6 is 0 Å². The first-order chi connectivity index (χ1) is 14.8. The summed E-state index contributed by atoms with van der Waals surface area (Å²) in [5.41, 5.74) is 3.83. The van der Waals surface area contributed by atoms with Gasteiger partial charge in [-0.3, -0.25) is 0 Å². The van der Waals surface area contributed by atoms with Crippen molar-refractivity contribution in [2.45, 2.75) is 4.90 Å². The number of sulfone groups is 1. The van der Waals surface area contributed by atoms with Crippen LogP contribution in [0.3, 0.4) is 0 Å². The molecule has 2 aromatic carbocycles. The molecule has 4 nitrogen and oxygen atoms in total. The minimum absolute atomic E-state index is 0.188. The van der Waals surface area contributed by atoms with E-state index >= 15 is 0 Å². The first kappa shape index (κ1) is 21.9. The molecule has 0 spiro atoms. The minimum Gasteiger partial charge on any atom is -0.246 e. The third kappa shape index (κ3) is 4.68. The van der Waals surface area contributed by atoms with Gasteiger partial charge in [-0.2, -0.15) is 5.26 Å². The van der Waals surface area contributed by atoms with Crippen molar-refractivity contribution < 1.29 is 12.8 Å². The van der Waals surface area contributed by atoms with Crippen LogP contribution in [0.15, 0.2) is 90.9 Å². The molecule has 0 amide bonds. The highest BCUT2D eigenvalue weighted by Gasteiger charge is 2.17. The normalized spacial score (nSPS) is 11.6. The fourth-order valence-electron chi connectivity index (χ4n) is 3.12. The van der Waals surface area contributed by atoms with E-state index in [4.69, 9.17) is 4.98 Å². The molecule has 0 N–H and O–H groups in total. The zero-order chi connectivity index (χ0) is 22.6. The quantitative estimate of drug-likeness (QED) is 0.478. The van der Waals surface area contributed by atoms with Crippen LogP contribution in [0.2, 0.25) is 0 Å². The van der Waals surface area contributed by atoms with Crippen molar-refractivity contribution in [2.75, 3.05) is 6.26 Å². The van der Waals surface area contributed by atoms with E-state index in [2.05, 4.69) is 19.2 Å². The number of nitriles is 1. The van der Waals surface area contributed by atoms with Crippen LogP contribution in [-0.4, -0.2) is 19.7 Å². The second-order valence-electron chi connectivity index (χ2n) is 6.76. The number of hydrogen-bond acceptors (Lipinski definition) is 4. The molecule has 3 rings (SSSR count).